The molecule has 0 fully saturated rings. The summed E-state index contributed by atoms with van der Waals surface area (Å²) < 4.78 is 0. The smallest absolute Gasteiger partial charge is 0.106 e. The van der Waals surface area contributed by atoms with Gasteiger partial charge in [-0.15, -0.1) is 0 Å². The lowest BCUT2D eigenvalue weighted by molar-refractivity contribution is 0.221. The van der Waals surface area contributed by atoms with Crippen molar-refractivity contribution in [3.63, 3.8) is 0 Å². The van der Waals surface area contributed by atoms with Crippen molar-refractivity contribution in [3.8, 4) is 11.1 Å². The van der Waals surface area contributed by atoms with Crippen LogP contribution in [0.3, 0.4) is 0 Å². The normalized spacial score (nSPS) is 12.1. The molecule has 0 spiro atoms. The van der Waals surface area contributed by atoms with E-state index in [-0.39, 0.29) is 0 Å². The van der Waals surface area contributed by atoms with Crippen LogP contribution in [-0.4, -0.2) is 5.11 Å². The molecule has 3 rings (SSSR count). The van der Waals surface area contributed by atoms with Gasteiger partial charge in [0.05, 0.1) is 0 Å². The molecule has 22 heavy (non-hydrogen) atoms. The van der Waals surface area contributed by atoms with Gasteiger partial charge < -0.3 is 10.8 Å². The van der Waals surface area contributed by atoms with Crippen LogP contribution in [0.25, 0.3) is 11.1 Å². The van der Waals surface area contributed by atoms with Crippen LogP contribution in [0.5, 0.6) is 0 Å². The average Bonchev–Trinajstić information content (AvgIpc) is 2.55. The molecule has 0 aromatic heterocycles. The van der Waals surface area contributed by atoms with E-state index in [0.717, 1.165) is 16.7 Å². The molecule has 3 heteroatoms. The minimum absolute atomic E-state index is 0.571. The lowest BCUT2D eigenvalue weighted by Gasteiger charge is -2.15. The highest BCUT2D eigenvalue weighted by molar-refractivity contribution is 6.30. The SMILES string of the molecule is Nc1ccc(-c2cccc(Cl)c2)cc1C(O)c1ccccc1. The second kappa shape index (κ2) is 6.22. The molecule has 0 heterocycles. The Morgan fingerprint density at radius 3 is 2.27 bits per heavy atom. The average molecular weight is 310 g/mol. The van der Waals surface area contributed by atoms with E-state index in [9.17, 15) is 5.11 Å². The van der Waals surface area contributed by atoms with E-state index in [1.165, 1.54) is 0 Å². The Bertz CT molecular complexity index is 786. The summed E-state index contributed by atoms with van der Waals surface area (Å²) in [4.78, 5) is 0. The molecule has 0 amide bonds. The fourth-order valence-electron chi connectivity index (χ4n) is 2.47. The quantitative estimate of drug-likeness (QED) is 0.691. The van der Waals surface area contributed by atoms with E-state index in [0.29, 0.717) is 16.3 Å². The van der Waals surface area contributed by atoms with Crippen molar-refractivity contribution in [2.24, 2.45) is 0 Å². The van der Waals surface area contributed by atoms with E-state index in [1.54, 1.807) is 0 Å². The monoisotopic (exact) mass is 309 g/mol. The molecule has 3 N–H and O–H groups in total. The lowest BCUT2D eigenvalue weighted by atomic mass is 9.95. The van der Waals surface area contributed by atoms with Gasteiger partial charge >= 0.3 is 0 Å². The van der Waals surface area contributed by atoms with E-state index < -0.39 is 6.10 Å². The first kappa shape index (κ1) is 14.6. The van der Waals surface area contributed by atoms with Gasteiger partial charge in [0.1, 0.15) is 6.10 Å². The van der Waals surface area contributed by atoms with Crippen molar-refractivity contribution < 1.29 is 5.11 Å². The fourth-order valence-corrected chi connectivity index (χ4v) is 2.66. The Hall–Kier alpha value is -2.29. The van der Waals surface area contributed by atoms with Crippen molar-refractivity contribution in [3.05, 3.63) is 88.9 Å². The molecule has 0 aliphatic rings. The van der Waals surface area contributed by atoms with Crippen LogP contribution in [0.1, 0.15) is 17.2 Å². The summed E-state index contributed by atoms with van der Waals surface area (Å²) in [5, 5.41) is 11.3. The number of hydrogen-bond donors (Lipinski definition) is 2. The Labute approximate surface area is 134 Å². The topological polar surface area (TPSA) is 46.2 Å². The van der Waals surface area contributed by atoms with E-state index >= 15 is 0 Å². The Morgan fingerprint density at radius 1 is 0.818 bits per heavy atom. The van der Waals surface area contributed by atoms with Gasteiger partial charge in [-0.2, -0.15) is 0 Å². The van der Waals surface area contributed by atoms with Crippen molar-refractivity contribution in [2.75, 3.05) is 5.73 Å². The fraction of sp³-hybridized carbons (Fsp3) is 0.0526. The molecular weight excluding hydrogens is 294 g/mol. The Balaban J connectivity index is 2.04. The molecule has 0 aliphatic heterocycles. The molecule has 3 aromatic carbocycles. The van der Waals surface area contributed by atoms with Crippen molar-refractivity contribution >= 4 is 17.3 Å². The number of nitrogen functional groups attached to an aromatic ring is 1. The molecule has 0 aliphatic carbocycles. The molecular formula is C19H16ClNO. The maximum atomic E-state index is 10.6. The summed E-state index contributed by atoms with van der Waals surface area (Å²) in [6.45, 7) is 0. The van der Waals surface area contributed by atoms with Crippen LogP contribution in [0.15, 0.2) is 72.8 Å². The predicted octanol–water partition coefficient (Wildman–Crippen LogP) is 4.67. The summed E-state index contributed by atoms with van der Waals surface area (Å²) >= 11 is 6.05. The molecule has 2 nitrogen and oxygen atoms in total. The molecule has 0 saturated carbocycles. The first-order valence-corrected chi connectivity index (χ1v) is 7.41. The number of nitrogens with two attached hydrogens (primary N) is 1. The molecule has 0 radical (unpaired) electrons. The van der Waals surface area contributed by atoms with Crippen molar-refractivity contribution in [1.82, 2.24) is 0 Å². The zero-order valence-electron chi connectivity index (χ0n) is 11.9. The molecule has 3 aromatic rings. The van der Waals surface area contributed by atoms with Gasteiger partial charge in [0.2, 0.25) is 0 Å². The summed E-state index contributed by atoms with van der Waals surface area (Å²) in [6.07, 6.45) is -0.750. The molecule has 0 saturated heterocycles. The van der Waals surface area contributed by atoms with E-state index in [1.807, 2.05) is 72.8 Å². The summed E-state index contributed by atoms with van der Waals surface area (Å²) in [5.41, 5.74) is 10.1. The van der Waals surface area contributed by atoms with Gasteiger partial charge in [0.15, 0.2) is 0 Å². The number of aliphatic hydroxyl groups is 1. The van der Waals surface area contributed by atoms with E-state index in [2.05, 4.69) is 0 Å². The first-order valence-electron chi connectivity index (χ1n) is 7.03. The van der Waals surface area contributed by atoms with E-state index in [4.69, 9.17) is 17.3 Å². The summed E-state index contributed by atoms with van der Waals surface area (Å²) in [5.74, 6) is 0. The Kier molecular flexibility index (Phi) is 4.14. The molecule has 1 unspecified atom stereocenters. The number of aliphatic hydroxyl groups excluding tert-OH is 1. The van der Waals surface area contributed by atoms with Gasteiger partial charge in [-0.1, -0.05) is 60.1 Å². The third-order valence-electron chi connectivity index (χ3n) is 3.65. The second-order valence-electron chi connectivity index (χ2n) is 5.17. The highest BCUT2D eigenvalue weighted by Crippen LogP contribution is 2.31. The second-order valence-corrected chi connectivity index (χ2v) is 5.60. The molecule has 110 valence electrons. The third kappa shape index (κ3) is 2.98. The third-order valence-corrected chi connectivity index (χ3v) is 3.89. The van der Waals surface area contributed by atoms with Gasteiger partial charge in [0, 0.05) is 16.3 Å². The predicted molar refractivity (Wildman–Crippen MR) is 91.8 cm³/mol. The zero-order valence-corrected chi connectivity index (χ0v) is 12.7. The maximum Gasteiger partial charge on any atom is 0.106 e. The van der Waals surface area contributed by atoms with Crippen LogP contribution in [0.4, 0.5) is 5.69 Å². The molecule has 0 bridgehead atoms. The lowest BCUT2D eigenvalue weighted by Crippen LogP contribution is -2.04. The van der Waals surface area contributed by atoms with Gasteiger partial charge in [-0.05, 0) is 41.0 Å². The van der Waals surface area contributed by atoms with Crippen LogP contribution in [0.2, 0.25) is 5.02 Å². The maximum absolute atomic E-state index is 10.6. The number of benzene rings is 3. The first-order chi connectivity index (χ1) is 10.6. The summed E-state index contributed by atoms with van der Waals surface area (Å²) in [7, 11) is 0. The van der Waals surface area contributed by atoms with Gasteiger partial charge in [-0.3, -0.25) is 0 Å². The van der Waals surface area contributed by atoms with Crippen LogP contribution < -0.4 is 5.73 Å². The minimum Gasteiger partial charge on any atom is -0.398 e. The highest BCUT2D eigenvalue weighted by Gasteiger charge is 2.14. The minimum atomic E-state index is -0.750. The van der Waals surface area contributed by atoms with Crippen LogP contribution in [0, 0.1) is 0 Å². The number of anilines is 1. The van der Waals surface area contributed by atoms with Gasteiger partial charge in [-0.25, -0.2) is 0 Å². The highest BCUT2D eigenvalue weighted by atomic mass is 35.5. The number of rotatable bonds is 3. The summed E-state index contributed by atoms with van der Waals surface area (Å²) in [6, 6.07) is 22.8. The largest absolute Gasteiger partial charge is 0.398 e. The molecule has 1 atom stereocenters. The van der Waals surface area contributed by atoms with Crippen molar-refractivity contribution in [1.29, 1.82) is 0 Å². The van der Waals surface area contributed by atoms with Crippen LogP contribution >= 0.6 is 11.6 Å². The standard InChI is InChI=1S/C19H16ClNO/c20-16-8-4-7-14(11-16)15-9-10-18(21)17(12-15)19(22)13-5-2-1-3-6-13/h1-12,19,22H,21H2. The number of hydrogen-bond acceptors (Lipinski definition) is 2. The Morgan fingerprint density at radius 2 is 1.55 bits per heavy atom. The number of halogens is 1. The van der Waals surface area contributed by atoms with Gasteiger partial charge in [0.25, 0.3) is 0 Å². The zero-order chi connectivity index (χ0) is 15.5. The van der Waals surface area contributed by atoms with Crippen molar-refractivity contribution in [2.45, 2.75) is 6.10 Å². The van der Waals surface area contributed by atoms with Crippen LogP contribution in [-0.2, 0) is 0 Å².